The zero-order valence-corrected chi connectivity index (χ0v) is 11.0. The third kappa shape index (κ3) is 3.23. The number of anilines is 4. The quantitative estimate of drug-likeness (QED) is 0.803. The number of nitrogens with one attached hydrogen (secondary N) is 2. The van der Waals surface area contributed by atoms with E-state index >= 15 is 0 Å². The van der Waals surface area contributed by atoms with Crippen LogP contribution in [0.5, 0.6) is 0 Å². The average Bonchev–Trinajstić information content (AvgIpc) is 2.34. The van der Waals surface area contributed by atoms with Crippen molar-refractivity contribution >= 4 is 34.9 Å². The van der Waals surface area contributed by atoms with Gasteiger partial charge in [-0.2, -0.15) is 9.97 Å². The maximum Gasteiger partial charge on any atom is 0.223 e. The summed E-state index contributed by atoms with van der Waals surface area (Å²) in [5.41, 5.74) is 5.75. The van der Waals surface area contributed by atoms with Gasteiger partial charge in [-0.1, -0.05) is 17.7 Å². The molecule has 5 nitrogen and oxygen atoms in total. The fraction of sp³-hybridized carbons (Fsp3) is 0.167. The van der Waals surface area contributed by atoms with Gasteiger partial charge in [0, 0.05) is 12.6 Å². The first kappa shape index (κ1) is 13.4. The van der Waals surface area contributed by atoms with Crippen LogP contribution in [0.4, 0.5) is 27.7 Å². The Labute approximate surface area is 115 Å². The van der Waals surface area contributed by atoms with Crippen LogP contribution in [0.2, 0.25) is 5.02 Å². The minimum Gasteiger partial charge on any atom is -0.370 e. The molecule has 0 aliphatic heterocycles. The summed E-state index contributed by atoms with van der Waals surface area (Å²) in [7, 11) is 0. The highest BCUT2D eigenvalue weighted by molar-refractivity contribution is 6.33. The van der Waals surface area contributed by atoms with E-state index in [1.165, 1.54) is 12.1 Å². The number of nitrogen functional groups attached to an aromatic ring is 1. The molecule has 0 saturated heterocycles. The fourth-order valence-corrected chi connectivity index (χ4v) is 1.76. The maximum absolute atomic E-state index is 13.6. The third-order valence-corrected chi connectivity index (χ3v) is 2.63. The molecular weight excluding hydrogens is 269 g/mol. The lowest BCUT2D eigenvalue weighted by atomic mass is 10.3. The van der Waals surface area contributed by atoms with Crippen LogP contribution in [0.3, 0.4) is 0 Å². The summed E-state index contributed by atoms with van der Waals surface area (Å²) in [5, 5.41) is 6.07. The Morgan fingerprint density at radius 1 is 1.32 bits per heavy atom. The Kier molecular flexibility index (Phi) is 4.01. The number of hydrogen-bond donors (Lipinski definition) is 3. The number of rotatable bonds is 4. The zero-order valence-electron chi connectivity index (χ0n) is 10.2. The average molecular weight is 282 g/mol. The van der Waals surface area contributed by atoms with Crippen molar-refractivity contribution in [2.45, 2.75) is 6.92 Å². The number of halogens is 2. The molecule has 0 atom stereocenters. The van der Waals surface area contributed by atoms with E-state index in [-0.39, 0.29) is 16.7 Å². The largest absolute Gasteiger partial charge is 0.370 e. The predicted octanol–water partition coefficient (Wildman–Crippen LogP) is 3.03. The molecule has 7 heteroatoms. The van der Waals surface area contributed by atoms with Crippen molar-refractivity contribution in [3.05, 3.63) is 35.1 Å². The molecule has 2 rings (SSSR count). The van der Waals surface area contributed by atoms with Gasteiger partial charge in [-0.05, 0) is 19.1 Å². The van der Waals surface area contributed by atoms with Crippen LogP contribution in [0.15, 0.2) is 24.3 Å². The first-order valence-electron chi connectivity index (χ1n) is 5.69. The third-order valence-electron chi connectivity index (χ3n) is 2.32. The molecule has 1 heterocycles. The molecule has 0 spiro atoms. The smallest absolute Gasteiger partial charge is 0.223 e. The minimum atomic E-state index is -0.463. The second kappa shape index (κ2) is 5.71. The highest BCUT2D eigenvalue weighted by atomic mass is 35.5. The highest BCUT2D eigenvalue weighted by Crippen LogP contribution is 2.28. The Balaban J connectivity index is 2.33. The van der Waals surface area contributed by atoms with Gasteiger partial charge in [-0.25, -0.2) is 4.39 Å². The molecular formula is C12H13ClFN5. The van der Waals surface area contributed by atoms with Gasteiger partial charge in [0.15, 0.2) is 0 Å². The van der Waals surface area contributed by atoms with E-state index in [4.69, 9.17) is 17.3 Å². The van der Waals surface area contributed by atoms with Gasteiger partial charge in [-0.3, -0.25) is 0 Å². The second-order valence-corrected chi connectivity index (χ2v) is 4.16. The molecule has 0 aliphatic rings. The lowest BCUT2D eigenvalue weighted by molar-refractivity contribution is 0.632. The first-order chi connectivity index (χ1) is 9.10. The van der Waals surface area contributed by atoms with Crippen molar-refractivity contribution in [1.29, 1.82) is 0 Å². The zero-order chi connectivity index (χ0) is 13.8. The monoisotopic (exact) mass is 281 g/mol. The number of nitrogens with zero attached hydrogens (tertiary/aromatic N) is 2. The van der Waals surface area contributed by atoms with Crippen molar-refractivity contribution in [1.82, 2.24) is 9.97 Å². The summed E-state index contributed by atoms with van der Waals surface area (Å²) in [6.07, 6.45) is 0. The topological polar surface area (TPSA) is 75.9 Å². The van der Waals surface area contributed by atoms with Crippen molar-refractivity contribution in [3.8, 4) is 0 Å². The molecule has 4 N–H and O–H groups in total. The van der Waals surface area contributed by atoms with Gasteiger partial charge in [-0.15, -0.1) is 0 Å². The van der Waals surface area contributed by atoms with E-state index in [2.05, 4.69) is 20.6 Å². The van der Waals surface area contributed by atoms with E-state index in [0.29, 0.717) is 18.2 Å². The Morgan fingerprint density at radius 3 is 2.74 bits per heavy atom. The van der Waals surface area contributed by atoms with Gasteiger partial charge in [0.25, 0.3) is 0 Å². The summed E-state index contributed by atoms with van der Waals surface area (Å²) in [6, 6.07) is 6.05. The molecule has 0 fully saturated rings. The Bertz CT molecular complexity index is 570. The SMILES string of the molecule is CCNc1cc(Nc2c(F)cccc2Cl)nc(N)n1. The predicted molar refractivity (Wildman–Crippen MR) is 75.3 cm³/mol. The van der Waals surface area contributed by atoms with Crippen LogP contribution < -0.4 is 16.4 Å². The molecule has 0 radical (unpaired) electrons. The number of hydrogen-bond acceptors (Lipinski definition) is 5. The van der Waals surface area contributed by atoms with Gasteiger partial charge in [0.05, 0.1) is 10.7 Å². The molecule has 19 heavy (non-hydrogen) atoms. The lowest BCUT2D eigenvalue weighted by Gasteiger charge is -2.10. The molecule has 2 aromatic rings. The number of nitrogens with two attached hydrogens (primary N) is 1. The van der Waals surface area contributed by atoms with E-state index in [1.54, 1.807) is 12.1 Å². The summed E-state index contributed by atoms with van der Waals surface area (Å²) in [6.45, 7) is 2.62. The number of benzene rings is 1. The van der Waals surface area contributed by atoms with Crippen molar-refractivity contribution in [2.75, 3.05) is 22.9 Å². The lowest BCUT2D eigenvalue weighted by Crippen LogP contribution is -2.06. The van der Waals surface area contributed by atoms with Crippen molar-refractivity contribution < 1.29 is 4.39 Å². The summed E-state index contributed by atoms with van der Waals surface area (Å²) < 4.78 is 13.6. The molecule has 100 valence electrons. The normalized spacial score (nSPS) is 10.3. The van der Waals surface area contributed by atoms with Gasteiger partial charge >= 0.3 is 0 Å². The summed E-state index contributed by atoms with van der Waals surface area (Å²) in [5.74, 6) is 0.559. The van der Waals surface area contributed by atoms with Gasteiger partial charge in [0.2, 0.25) is 5.95 Å². The molecule has 0 aliphatic carbocycles. The molecule has 0 saturated carbocycles. The number of para-hydroxylation sites is 1. The number of aromatic nitrogens is 2. The van der Waals surface area contributed by atoms with Crippen LogP contribution >= 0.6 is 11.6 Å². The fourth-order valence-electron chi connectivity index (χ4n) is 1.55. The second-order valence-electron chi connectivity index (χ2n) is 3.75. The Morgan fingerprint density at radius 2 is 2.05 bits per heavy atom. The highest BCUT2D eigenvalue weighted by Gasteiger charge is 2.09. The minimum absolute atomic E-state index is 0.0911. The van der Waals surface area contributed by atoms with Crippen LogP contribution in [-0.2, 0) is 0 Å². The van der Waals surface area contributed by atoms with Crippen LogP contribution in [-0.4, -0.2) is 16.5 Å². The van der Waals surface area contributed by atoms with E-state index < -0.39 is 5.82 Å². The van der Waals surface area contributed by atoms with Gasteiger partial charge in [0.1, 0.15) is 17.5 Å². The Hall–Kier alpha value is -2.08. The first-order valence-corrected chi connectivity index (χ1v) is 6.07. The molecule has 1 aromatic carbocycles. The summed E-state index contributed by atoms with van der Waals surface area (Å²) in [4.78, 5) is 7.98. The van der Waals surface area contributed by atoms with E-state index in [9.17, 15) is 4.39 Å². The molecule has 0 bridgehead atoms. The maximum atomic E-state index is 13.6. The van der Waals surface area contributed by atoms with Crippen LogP contribution in [0.25, 0.3) is 0 Å². The standard InChI is InChI=1S/C12H13ClFN5/c1-2-16-9-6-10(19-12(15)18-9)17-11-7(13)4-3-5-8(11)14/h3-6H,2H2,1H3,(H4,15,16,17,18,19). The van der Waals surface area contributed by atoms with Crippen molar-refractivity contribution in [3.63, 3.8) is 0 Å². The molecule has 0 unspecified atom stereocenters. The van der Waals surface area contributed by atoms with E-state index in [1.807, 2.05) is 6.92 Å². The van der Waals surface area contributed by atoms with Crippen molar-refractivity contribution in [2.24, 2.45) is 0 Å². The molecule has 1 aromatic heterocycles. The summed E-state index contributed by atoms with van der Waals surface area (Å²) >= 11 is 5.93. The van der Waals surface area contributed by atoms with Gasteiger partial charge < -0.3 is 16.4 Å². The van der Waals surface area contributed by atoms with Crippen LogP contribution in [0.1, 0.15) is 6.92 Å². The van der Waals surface area contributed by atoms with E-state index in [0.717, 1.165) is 0 Å². The molecule has 0 amide bonds. The van der Waals surface area contributed by atoms with Crippen LogP contribution in [0, 0.1) is 5.82 Å².